The summed E-state index contributed by atoms with van der Waals surface area (Å²) in [5.41, 5.74) is 6.66. The Morgan fingerprint density at radius 3 is 2.70 bits per heavy atom. The number of hydrogen-bond donors (Lipinski definition) is 2. The highest BCUT2D eigenvalue weighted by molar-refractivity contribution is 5.96. The van der Waals surface area contributed by atoms with Gasteiger partial charge >= 0.3 is 0 Å². The maximum atomic E-state index is 12.3. The Labute approximate surface area is 119 Å². The van der Waals surface area contributed by atoms with Crippen molar-refractivity contribution in [2.24, 2.45) is 5.73 Å². The van der Waals surface area contributed by atoms with Crippen molar-refractivity contribution in [2.75, 3.05) is 13.1 Å². The van der Waals surface area contributed by atoms with Crippen molar-refractivity contribution in [1.29, 1.82) is 0 Å². The molecule has 1 aromatic heterocycles. The fourth-order valence-electron chi connectivity index (χ4n) is 1.77. The van der Waals surface area contributed by atoms with Crippen LogP contribution in [0.1, 0.15) is 36.8 Å². The minimum absolute atomic E-state index is 0.0494. The van der Waals surface area contributed by atoms with Crippen molar-refractivity contribution in [3.8, 4) is 0 Å². The molecule has 3 N–H and O–H groups in total. The highest BCUT2D eigenvalue weighted by atomic mass is 16.2. The Bertz CT molecular complexity index is 474. The summed E-state index contributed by atoms with van der Waals surface area (Å²) in [6, 6.07) is 3.34. The van der Waals surface area contributed by atoms with Crippen LogP contribution >= 0.6 is 0 Å². The molecule has 0 fully saturated rings. The van der Waals surface area contributed by atoms with Crippen LogP contribution in [-0.2, 0) is 11.3 Å². The van der Waals surface area contributed by atoms with E-state index in [-0.39, 0.29) is 30.9 Å². The minimum atomic E-state index is -0.191. The van der Waals surface area contributed by atoms with Gasteiger partial charge in [0.25, 0.3) is 5.91 Å². The van der Waals surface area contributed by atoms with E-state index >= 15 is 0 Å². The molecule has 110 valence electrons. The molecule has 6 heteroatoms. The van der Waals surface area contributed by atoms with E-state index in [1.807, 2.05) is 20.8 Å². The zero-order valence-corrected chi connectivity index (χ0v) is 12.2. The van der Waals surface area contributed by atoms with E-state index in [1.165, 1.54) is 4.90 Å². The van der Waals surface area contributed by atoms with E-state index in [9.17, 15) is 9.59 Å². The van der Waals surface area contributed by atoms with Gasteiger partial charge in [-0.3, -0.25) is 14.6 Å². The van der Waals surface area contributed by atoms with Crippen molar-refractivity contribution < 1.29 is 9.59 Å². The average Bonchev–Trinajstić information content (AvgIpc) is 2.43. The first-order valence-electron chi connectivity index (χ1n) is 6.71. The van der Waals surface area contributed by atoms with E-state index in [1.54, 1.807) is 18.3 Å². The van der Waals surface area contributed by atoms with Gasteiger partial charge in [-0.15, -0.1) is 0 Å². The molecule has 0 aliphatic heterocycles. The third-order valence-corrected chi connectivity index (χ3v) is 2.73. The number of nitrogens with two attached hydrogens (primary N) is 1. The van der Waals surface area contributed by atoms with E-state index < -0.39 is 0 Å². The SMILES string of the molecule is CCN(CC(=O)NC(C)C)C(=O)c1ccnc(CN)c1. The van der Waals surface area contributed by atoms with Crippen molar-refractivity contribution in [3.05, 3.63) is 29.6 Å². The lowest BCUT2D eigenvalue weighted by atomic mass is 10.2. The second-order valence-electron chi connectivity index (χ2n) is 4.78. The number of aromatic nitrogens is 1. The maximum Gasteiger partial charge on any atom is 0.254 e. The van der Waals surface area contributed by atoms with Crippen molar-refractivity contribution >= 4 is 11.8 Å². The van der Waals surface area contributed by atoms with E-state index in [0.717, 1.165) is 0 Å². The molecular formula is C14H22N4O2. The lowest BCUT2D eigenvalue weighted by Gasteiger charge is -2.21. The Morgan fingerprint density at radius 2 is 2.15 bits per heavy atom. The normalized spacial score (nSPS) is 10.4. The van der Waals surface area contributed by atoms with E-state index in [0.29, 0.717) is 17.8 Å². The van der Waals surface area contributed by atoms with Crippen molar-refractivity contribution in [1.82, 2.24) is 15.2 Å². The number of amides is 2. The molecule has 20 heavy (non-hydrogen) atoms. The molecule has 0 saturated heterocycles. The average molecular weight is 278 g/mol. The minimum Gasteiger partial charge on any atom is -0.352 e. The van der Waals surface area contributed by atoms with Crippen molar-refractivity contribution in [2.45, 2.75) is 33.4 Å². The standard InChI is InChI=1S/C14H22N4O2/c1-4-18(9-13(19)17-10(2)3)14(20)11-5-6-16-12(7-11)8-15/h5-7,10H,4,8-9,15H2,1-3H3,(H,17,19). The van der Waals surface area contributed by atoms with Crippen molar-refractivity contribution in [3.63, 3.8) is 0 Å². The van der Waals surface area contributed by atoms with Gasteiger partial charge in [0, 0.05) is 30.9 Å². The lowest BCUT2D eigenvalue weighted by Crippen LogP contribution is -2.42. The number of likely N-dealkylation sites (N-methyl/N-ethyl adjacent to an activating group) is 1. The lowest BCUT2D eigenvalue weighted by molar-refractivity contribution is -0.122. The Balaban J connectivity index is 2.78. The van der Waals surface area contributed by atoms with Crippen LogP contribution in [0.25, 0.3) is 0 Å². The first-order valence-corrected chi connectivity index (χ1v) is 6.71. The second-order valence-corrected chi connectivity index (χ2v) is 4.78. The first kappa shape index (κ1) is 16.1. The summed E-state index contributed by atoms with van der Waals surface area (Å²) in [5, 5.41) is 2.77. The van der Waals surface area contributed by atoms with Gasteiger partial charge in [0.2, 0.25) is 5.91 Å². The zero-order valence-electron chi connectivity index (χ0n) is 12.2. The summed E-state index contributed by atoms with van der Waals surface area (Å²) in [7, 11) is 0. The molecular weight excluding hydrogens is 256 g/mol. The quantitative estimate of drug-likeness (QED) is 0.794. The largest absolute Gasteiger partial charge is 0.352 e. The number of nitrogens with one attached hydrogen (secondary N) is 1. The van der Waals surface area contributed by atoms with Crippen LogP contribution in [0.15, 0.2) is 18.3 Å². The van der Waals surface area contributed by atoms with Gasteiger partial charge in [0.05, 0.1) is 12.2 Å². The predicted octanol–water partition coefficient (Wildman–Crippen LogP) is 0.527. The fourth-order valence-corrected chi connectivity index (χ4v) is 1.77. The number of carbonyl (C=O) groups excluding carboxylic acids is 2. The second kappa shape index (κ2) is 7.59. The maximum absolute atomic E-state index is 12.3. The van der Waals surface area contributed by atoms with Gasteiger partial charge in [-0.25, -0.2) is 0 Å². The Hall–Kier alpha value is -1.95. The van der Waals surface area contributed by atoms with Gasteiger partial charge in [0.1, 0.15) is 0 Å². The highest BCUT2D eigenvalue weighted by Crippen LogP contribution is 2.06. The number of carbonyl (C=O) groups is 2. The molecule has 0 radical (unpaired) electrons. The monoisotopic (exact) mass is 278 g/mol. The van der Waals surface area contributed by atoms with E-state index in [4.69, 9.17) is 5.73 Å². The summed E-state index contributed by atoms with van der Waals surface area (Å²) >= 11 is 0. The number of nitrogens with zero attached hydrogens (tertiary/aromatic N) is 2. The van der Waals surface area contributed by atoms with Gasteiger partial charge in [0.15, 0.2) is 0 Å². The third-order valence-electron chi connectivity index (χ3n) is 2.73. The molecule has 0 saturated carbocycles. The van der Waals surface area contributed by atoms with Crippen LogP contribution in [0.5, 0.6) is 0 Å². The summed E-state index contributed by atoms with van der Waals surface area (Å²) in [6.07, 6.45) is 1.55. The molecule has 1 rings (SSSR count). The molecule has 1 aromatic rings. The van der Waals surface area contributed by atoms with Gasteiger partial charge in [-0.05, 0) is 32.9 Å². The third kappa shape index (κ3) is 4.62. The summed E-state index contributed by atoms with van der Waals surface area (Å²) in [4.78, 5) is 29.6. The van der Waals surface area contributed by atoms with Crippen LogP contribution in [0.4, 0.5) is 0 Å². The van der Waals surface area contributed by atoms with Crippen LogP contribution in [0.3, 0.4) is 0 Å². The predicted molar refractivity (Wildman–Crippen MR) is 77.0 cm³/mol. The van der Waals surface area contributed by atoms with Crippen LogP contribution in [0.2, 0.25) is 0 Å². The number of pyridine rings is 1. The van der Waals surface area contributed by atoms with Gasteiger partial charge in [-0.1, -0.05) is 0 Å². The smallest absolute Gasteiger partial charge is 0.254 e. The molecule has 0 aliphatic carbocycles. The topological polar surface area (TPSA) is 88.3 Å². The molecule has 2 amide bonds. The van der Waals surface area contributed by atoms with Gasteiger partial charge in [-0.2, -0.15) is 0 Å². The molecule has 0 spiro atoms. The molecule has 0 aromatic carbocycles. The summed E-state index contributed by atoms with van der Waals surface area (Å²) < 4.78 is 0. The number of hydrogen-bond acceptors (Lipinski definition) is 4. The molecule has 1 heterocycles. The molecule has 0 unspecified atom stereocenters. The van der Waals surface area contributed by atoms with Gasteiger partial charge < -0.3 is 16.0 Å². The summed E-state index contributed by atoms with van der Waals surface area (Å²) in [6.45, 7) is 6.39. The number of rotatable bonds is 6. The fraction of sp³-hybridized carbons (Fsp3) is 0.500. The molecule has 0 aliphatic rings. The molecule has 6 nitrogen and oxygen atoms in total. The zero-order chi connectivity index (χ0) is 15.1. The van der Waals surface area contributed by atoms with Crippen LogP contribution in [0, 0.1) is 0 Å². The van der Waals surface area contributed by atoms with Crippen LogP contribution < -0.4 is 11.1 Å². The summed E-state index contributed by atoms with van der Waals surface area (Å²) in [5.74, 6) is -0.355. The van der Waals surface area contributed by atoms with Crippen LogP contribution in [-0.4, -0.2) is 40.8 Å². The Morgan fingerprint density at radius 1 is 1.45 bits per heavy atom. The Kier molecular flexibility index (Phi) is 6.11. The molecule has 0 bridgehead atoms. The highest BCUT2D eigenvalue weighted by Gasteiger charge is 2.18. The first-order chi connectivity index (χ1) is 9.47. The molecule has 0 atom stereocenters. The van der Waals surface area contributed by atoms with E-state index in [2.05, 4.69) is 10.3 Å².